The van der Waals surface area contributed by atoms with Gasteiger partial charge in [-0.3, -0.25) is 9.36 Å². The fourth-order valence-corrected chi connectivity index (χ4v) is 5.74. The lowest BCUT2D eigenvalue weighted by molar-refractivity contribution is -0.870. The van der Waals surface area contributed by atoms with Gasteiger partial charge in [0.1, 0.15) is 13.2 Å². The molecule has 0 saturated carbocycles. The molecule has 0 aromatic heterocycles. The van der Waals surface area contributed by atoms with Gasteiger partial charge in [0.05, 0.1) is 39.9 Å². The van der Waals surface area contributed by atoms with Gasteiger partial charge in [-0.15, -0.1) is 0 Å². The molecule has 0 aliphatic carbocycles. The normalized spacial score (nSPS) is 15.0. The van der Waals surface area contributed by atoms with E-state index in [0.717, 1.165) is 38.5 Å². The quantitative estimate of drug-likeness (QED) is 0.0330. The van der Waals surface area contributed by atoms with Crippen molar-refractivity contribution < 1.29 is 32.9 Å². The van der Waals surface area contributed by atoms with E-state index in [1.165, 1.54) is 96.3 Å². The van der Waals surface area contributed by atoms with E-state index in [1.807, 2.05) is 27.2 Å². The molecule has 2 N–H and O–H groups in total. The maximum Gasteiger partial charge on any atom is 0.268 e. The maximum absolute atomic E-state index is 12.6. The van der Waals surface area contributed by atoms with E-state index in [1.54, 1.807) is 6.08 Å². The van der Waals surface area contributed by atoms with Gasteiger partial charge in [0, 0.05) is 6.42 Å². The number of carbonyl (C=O) groups excluding carboxylic acids is 1. The summed E-state index contributed by atoms with van der Waals surface area (Å²) in [4.78, 5) is 24.9. The summed E-state index contributed by atoms with van der Waals surface area (Å²) in [5.41, 5.74) is 0. The second-order valence-corrected chi connectivity index (χ2v) is 15.0. The summed E-state index contributed by atoms with van der Waals surface area (Å²) < 4.78 is 22.8. The van der Waals surface area contributed by atoms with Crippen molar-refractivity contribution in [3.63, 3.8) is 0 Å². The third-order valence-electron chi connectivity index (χ3n) is 8.00. The summed E-state index contributed by atoms with van der Waals surface area (Å²) in [6, 6.07) is -0.875. The SMILES string of the molecule is CCCC/C=C/C(O)C(COP(=O)([O-])OCC[N+](C)(C)C)NC(=O)CCCCCCCCCCCCCCCCCCCC. The number of unbranched alkanes of at least 4 members (excludes halogenated alkanes) is 19. The lowest BCUT2D eigenvalue weighted by Gasteiger charge is -2.29. The van der Waals surface area contributed by atoms with Crippen molar-refractivity contribution in [2.75, 3.05) is 40.9 Å². The molecule has 0 spiro atoms. The average molecular weight is 647 g/mol. The van der Waals surface area contributed by atoms with Gasteiger partial charge in [-0.1, -0.05) is 148 Å². The number of hydrogen-bond acceptors (Lipinski definition) is 6. The first kappa shape index (κ1) is 43.2. The fraction of sp³-hybridized carbons (Fsp3) is 0.914. The molecule has 262 valence electrons. The molecule has 0 aliphatic heterocycles. The van der Waals surface area contributed by atoms with Crippen LogP contribution in [-0.2, 0) is 18.4 Å². The van der Waals surface area contributed by atoms with Crippen LogP contribution in [0, 0.1) is 0 Å². The second kappa shape index (κ2) is 28.5. The van der Waals surface area contributed by atoms with Gasteiger partial charge >= 0.3 is 0 Å². The number of allylic oxidation sites excluding steroid dienone is 1. The largest absolute Gasteiger partial charge is 0.756 e. The van der Waals surface area contributed by atoms with Crippen LogP contribution in [0.25, 0.3) is 0 Å². The zero-order chi connectivity index (χ0) is 32.9. The predicted octanol–water partition coefficient (Wildman–Crippen LogP) is 8.22. The highest BCUT2D eigenvalue weighted by molar-refractivity contribution is 7.45. The monoisotopic (exact) mass is 647 g/mol. The summed E-state index contributed by atoms with van der Waals surface area (Å²) in [7, 11) is 1.26. The van der Waals surface area contributed by atoms with Crippen LogP contribution in [0.2, 0.25) is 0 Å². The Morgan fingerprint density at radius 2 is 1.23 bits per heavy atom. The van der Waals surface area contributed by atoms with E-state index in [2.05, 4.69) is 19.2 Å². The van der Waals surface area contributed by atoms with Crippen LogP contribution in [0.15, 0.2) is 12.2 Å². The Morgan fingerprint density at radius 1 is 0.773 bits per heavy atom. The molecule has 0 heterocycles. The highest BCUT2D eigenvalue weighted by Crippen LogP contribution is 2.38. The summed E-state index contributed by atoms with van der Waals surface area (Å²) >= 11 is 0. The number of aliphatic hydroxyl groups is 1. The van der Waals surface area contributed by atoms with Crippen LogP contribution >= 0.6 is 7.82 Å². The molecule has 0 aliphatic rings. The average Bonchev–Trinajstić information content (AvgIpc) is 2.96. The number of hydrogen-bond donors (Lipinski definition) is 2. The molecule has 8 nitrogen and oxygen atoms in total. The van der Waals surface area contributed by atoms with Crippen molar-refractivity contribution in [2.45, 2.75) is 167 Å². The Labute approximate surface area is 272 Å². The topological polar surface area (TPSA) is 108 Å². The number of likely N-dealkylation sites (N-methyl/N-ethyl adjacent to an activating group) is 1. The number of quaternary nitrogens is 1. The summed E-state index contributed by atoms with van der Waals surface area (Å²) in [5.74, 6) is -0.206. The van der Waals surface area contributed by atoms with Crippen LogP contribution in [0.1, 0.15) is 155 Å². The maximum atomic E-state index is 12.6. The predicted molar refractivity (Wildman–Crippen MR) is 182 cm³/mol. The minimum atomic E-state index is -4.56. The zero-order valence-electron chi connectivity index (χ0n) is 29.4. The standard InChI is InChI=1S/C35H71N2O6P/c1-6-8-10-12-13-14-15-16-17-18-19-20-21-22-23-24-25-27-29-35(39)36-33(34(38)28-26-11-9-7-2)32-43-44(40,41)42-31-30-37(3,4)5/h26,28,33-34,38H,6-25,27,29-32H2,1-5H3,(H-,36,39,40,41)/b28-26+. The molecule has 0 radical (unpaired) electrons. The zero-order valence-corrected chi connectivity index (χ0v) is 30.3. The number of phosphoric ester groups is 1. The molecule has 0 aromatic rings. The van der Waals surface area contributed by atoms with Gasteiger partial charge in [-0.25, -0.2) is 0 Å². The van der Waals surface area contributed by atoms with E-state index in [0.29, 0.717) is 17.4 Å². The molecular formula is C35H71N2O6P. The van der Waals surface area contributed by atoms with E-state index in [9.17, 15) is 19.4 Å². The van der Waals surface area contributed by atoms with Gasteiger partial charge in [-0.05, 0) is 12.8 Å². The summed E-state index contributed by atoms with van der Waals surface area (Å²) in [6.07, 6.45) is 28.8. The van der Waals surface area contributed by atoms with E-state index >= 15 is 0 Å². The number of amides is 1. The third kappa shape index (κ3) is 29.9. The Hall–Kier alpha value is -0.760. The molecular weight excluding hydrogens is 575 g/mol. The highest BCUT2D eigenvalue weighted by Gasteiger charge is 2.23. The Kier molecular flexibility index (Phi) is 28.0. The number of carbonyl (C=O) groups is 1. The first-order valence-corrected chi connectivity index (χ1v) is 19.5. The lowest BCUT2D eigenvalue weighted by atomic mass is 10.0. The molecule has 0 fully saturated rings. The molecule has 0 saturated heterocycles. The van der Waals surface area contributed by atoms with Crippen LogP contribution in [-0.4, -0.2) is 68.5 Å². The third-order valence-corrected chi connectivity index (χ3v) is 8.96. The van der Waals surface area contributed by atoms with Gasteiger partial charge in [0.2, 0.25) is 5.91 Å². The molecule has 1 amide bonds. The van der Waals surface area contributed by atoms with Crippen molar-refractivity contribution in [1.82, 2.24) is 5.32 Å². The van der Waals surface area contributed by atoms with E-state index in [-0.39, 0.29) is 19.1 Å². The van der Waals surface area contributed by atoms with Crippen molar-refractivity contribution in [1.29, 1.82) is 0 Å². The first-order valence-electron chi connectivity index (χ1n) is 18.1. The minimum absolute atomic E-state index is 0.000134. The van der Waals surface area contributed by atoms with Gasteiger partial charge in [-0.2, -0.15) is 0 Å². The minimum Gasteiger partial charge on any atom is -0.756 e. The summed E-state index contributed by atoms with van der Waals surface area (Å²) in [5, 5.41) is 13.4. The van der Waals surface area contributed by atoms with Crippen molar-refractivity contribution in [3.05, 3.63) is 12.2 Å². The van der Waals surface area contributed by atoms with Crippen molar-refractivity contribution in [2.24, 2.45) is 0 Å². The van der Waals surface area contributed by atoms with Crippen LogP contribution in [0.3, 0.4) is 0 Å². The van der Waals surface area contributed by atoms with Gasteiger partial charge in [0.15, 0.2) is 0 Å². The molecule has 44 heavy (non-hydrogen) atoms. The molecule has 9 heteroatoms. The molecule has 0 rings (SSSR count). The Balaban J connectivity index is 4.14. The summed E-state index contributed by atoms with van der Waals surface area (Å²) in [6.45, 7) is 4.48. The Bertz CT molecular complexity index is 743. The fourth-order valence-electron chi connectivity index (χ4n) is 5.02. The first-order chi connectivity index (χ1) is 21.0. The smallest absolute Gasteiger partial charge is 0.268 e. The highest BCUT2D eigenvalue weighted by atomic mass is 31.2. The molecule has 0 aromatic carbocycles. The van der Waals surface area contributed by atoms with Crippen LogP contribution in [0.5, 0.6) is 0 Å². The second-order valence-electron chi connectivity index (χ2n) is 13.6. The number of phosphoric acid groups is 1. The Morgan fingerprint density at radius 3 is 1.68 bits per heavy atom. The van der Waals surface area contributed by atoms with Crippen molar-refractivity contribution >= 4 is 13.7 Å². The van der Waals surface area contributed by atoms with Crippen LogP contribution < -0.4 is 10.2 Å². The number of aliphatic hydroxyl groups excluding tert-OH is 1. The number of nitrogens with one attached hydrogen (secondary N) is 1. The van der Waals surface area contributed by atoms with Gasteiger partial charge in [0.25, 0.3) is 7.82 Å². The van der Waals surface area contributed by atoms with E-state index < -0.39 is 20.0 Å². The van der Waals surface area contributed by atoms with Gasteiger partial charge < -0.3 is 28.8 Å². The number of nitrogens with zero attached hydrogens (tertiary/aromatic N) is 1. The number of rotatable bonds is 32. The van der Waals surface area contributed by atoms with Crippen LogP contribution in [0.4, 0.5) is 0 Å². The molecule has 0 bridgehead atoms. The van der Waals surface area contributed by atoms with Crippen molar-refractivity contribution in [3.8, 4) is 0 Å². The molecule has 3 unspecified atom stereocenters. The van der Waals surface area contributed by atoms with E-state index in [4.69, 9.17) is 9.05 Å². The lowest BCUT2D eigenvalue weighted by Crippen LogP contribution is -2.45. The molecule has 3 atom stereocenters.